The van der Waals surface area contributed by atoms with Crippen LogP contribution >= 0.6 is 55.0 Å². The second-order valence-electron chi connectivity index (χ2n) is 3.88. The Hall–Kier alpha value is 0.120. The van der Waals surface area contributed by atoms with Crippen LogP contribution in [-0.2, 0) is 0 Å². The molecule has 2 atom stereocenters. The molecular formula is C12H12Br2N2S2. The topological polar surface area (TPSA) is 38.9 Å². The van der Waals surface area contributed by atoms with Crippen LogP contribution in [0.4, 0.5) is 0 Å². The third-order valence-corrected chi connectivity index (χ3v) is 6.11. The molecule has 0 aliphatic rings. The van der Waals surface area contributed by atoms with Crippen LogP contribution < -0.4 is 5.73 Å². The SMILES string of the molecule is CC(N)C(Sc1ccc(Br)cn1)c1cc(Br)cs1. The molecule has 0 saturated heterocycles. The number of rotatable bonds is 4. The minimum absolute atomic E-state index is 0.0750. The average Bonchev–Trinajstić information content (AvgIpc) is 2.74. The molecule has 0 fully saturated rings. The summed E-state index contributed by atoms with van der Waals surface area (Å²) in [6.07, 6.45) is 1.81. The number of thiophene rings is 1. The van der Waals surface area contributed by atoms with E-state index in [2.05, 4.69) is 48.3 Å². The summed E-state index contributed by atoms with van der Waals surface area (Å²) in [7, 11) is 0. The van der Waals surface area contributed by atoms with E-state index in [4.69, 9.17) is 5.73 Å². The van der Waals surface area contributed by atoms with Crippen LogP contribution in [0.1, 0.15) is 17.1 Å². The second-order valence-corrected chi connectivity index (χ2v) is 7.82. The van der Waals surface area contributed by atoms with Crippen molar-refractivity contribution in [2.75, 3.05) is 0 Å². The minimum atomic E-state index is 0.0750. The number of nitrogens with two attached hydrogens (primary N) is 1. The fraction of sp³-hybridized carbons (Fsp3) is 0.250. The molecule has 0 aromatic carbocycles. The van der Waals surface area contributed by atoms with Crippen LogP contribution in [0.3, 0.4) is 0 Å². The van der Waals surface area contributed by atoms with Gasteiger partial charge in [0.1, 0.15) is 0 Å². The zero-order valence-electron chi connectivity index (χ0n) is 9.64. The fourth-order valence-electron chi connectivity index (χ4n) is 1.46. The molecule has 0 aliphatic heterocycles. The minimum Gasteiger partial charge on any atom is -0.327 e. The maximum absolute atomic E-state index is 6.09. The molecule has 18 heavy (non-hydrogen) atoms. The molecule has 0 amide bonds. The first kappa shape index (κ1) is 14.5. The highest BCUT2D eigenvalue weighted by Gasteiger charge is 2.20. The van der Waals surface area contributed by atoms with Crippen molar-refractivity contribution >= 4 is 55.0 Å². The molecule has 2 N–H and O–H groups in total. The van der Waals surface area contributed by atoms with E-state index < -0.39 is 0 Å². The highest BCUT2D eigenvalue weighted by molar-refractivity contribution is 9.10. The van der Waals surface area contributed by atoms with E-state index in [1.54, 1.807) is 23.1 Å². The first-order chi connectivity index (χ1) is 8.56. The van der Waals surface area contributed by atoms with Crippen LogP contribution in [-0.4, -0.2) is 11.0 Å². The van der Waals surface area contributed by atoms with Gasteiger partial charge in [0.15, 0.2) is 0 Å². The number of aromatic nitrogens is 1. The molecule has 2 aromatic rings. The van der Waals surface area contributed by atoms with Gasteiger partial charge in [-0.15, -0.1) is 11.3 Å². The van der Waals surface area contributed by atoms with Gasteiger partial charge in [-0.25, -0.2) is 4.98 Å². The number of halogens is 2. The van der Waals surface area contributed by atoms with Crippen molar-refractivity contribution in [3.8, 4) is 0 Å². The third kappa shape index (κ3) is 3.81. The number of nitrogens with zero attached hydrogens (tertiary/aromatic N) is 1. The quantitative estimate of drug-likeness (QED) is 0.736. The smallest absolute Gasteiger partial charge is 0.0967 e. The van der Waals surface area contributed by atoms with E-state index in [9.17, 15) is 0 Å². The van der Waals surface area contributed by atoms with Crippen LogP contribution in [0.25, 0.3) is 0 Å². The zero-order valence-corrected chi connectivity index (χ0v) is 14.4. The molecule has 0 aliphatic carbocycles. The molecule has 0 spiro atoms. The normalized spacial score (nSPS) is 14.4. The monoisotopic (exact) mass is 406 g/mol. The molecule has 2 heterocycles. The van der Waals surface area contributed by atoms with Gasteiger partial charge in [-0.05, 0) is 57.0 Å². The van der Waals surface area contributed by atoms with Gasteiger partial charge in [0.25, 0.3) is 0 Å². The van der Waals surface area contributed by atoms with Crippen LogP contribution in [0.2, 0.25) is 0 Å². The molecular weight excluding hydrogens is 396 g/mol. The van der Waals surface area contributed by atoms with Gasteiger partial charge in [-0.3, -0.25) is 0 Å². The lowest BCUT2D eigenvalue weighted by Crippen LogP contribution is -2.21. The second kappa shape index (κ2) is 6.52. The van der Waals surface area contributed by atoms with E-state index in [0.29, 0.717) is 0 Å². The predicted molar refractivity (Wildman–Crippen MR) is 86.2 cm³/mol. The number of pyridine rings is 1. The summed E-state index contributed by atoms with van der Waals surface area (Å²) in [4.78, 5) is 5.66. The molecule has 0 bridgehead atoms. The lowest BCUT2D eigenvalue weighted by atomic mass is 10.2. The Balaban J connectivity index is 2.19. The Kier molecular flexibility index (Phi) is 5.26. The summed E-state index contributed by atoms with van der Waals surface area (Å²) in [5, 5.41) is 3.31. The summed E-state index contributed by atoms with van der Waals surface area (Å²) in [6.45, 7) is 2.03. The highest BCUT2D eigenvalue weighted by Crippen LogP contribution is 2.40. The van der Waals surface area contributed by atoms with Crippen molar-refractivity contribution in [2.24, 2.45) is 5.73 Å². The first-order valence-corrected chi connectivity index (χ1v) is 8.68. The Morgan fingerprint density at radius 1 is 1.33 bits per heavy atom. The van der Waals surface area contributed by atoms with Crippen molar-refractivity contribution < 1.29 is 0 Å². The van der Waals surface area contributed by atoms with Gasteiger partial charge in [0.2, 0.25) is 0 Å². The summed E-state index contributed by atoms with van der Waals surface area (Å²) >= 11 is 10.3. The zero-order chi connectivity index (χ0) is 13.1. The fourth-order valence-corrected chi connectivity index (χ4v) is 4.47. The van der Waals surface area contributed by atoms with Crippen molar-refractivity contribution in [1.29, 1.82) is 0 Å². The standard InChI is InChI=1S/C12H12Br2N2S2/c1-7(15)12(10-4-9(14)6-17-10)18-11-3-2-8(13)5-16-11/h2-7,12H,15H2,1H3. The summed E-state index contributed by atoms with van der Waals surface area (Å²) in [5.74, 6) is 0. The van der Waals surface area contributed by atoms with E-state index in [1.807, 2.05) is 25.3 Å². The first-order valence-electron chi connectivity index (χ1n) is 5.34. The largest absolute Gasteiger partial charge is 0.327 e. The van der Waals surface area contributed by atoms with Gasteiger partial charge in [-0.2, -0.15) is 0 Å². The van der Waals surface area contributed by atoms with E-state index in [1.165, 1.54) is 4.88 Å². The lowest BCUT2D eigenvalue weighted by Gasteiger charge is -2.18. The van der Waals surface area contributed by atoms with Crippen molar-refractivity contribution in [3.63, 3.8) is 0 Å². The predicted octanol–water partition coefficient (Wildman–Crippen LogP) is 4.85. The molecule has 2 aromatic heterocycles. The average molecular weight is 408 g/mol. The van der Waals surface area contributed by atoms with Crippen LogP contribution in [0.15, 0.2) is 43.7 Å². The Bertz CT molecular complexity index is 511. The van der Waals surface area contributed by atoms with Crippen LogP contribution in [0.5, 0.6) is 0 Å². The van der Waals surface area contributed by atoms with E-state index >= 15 is 0 Å². The maximum atomic E-state index is 6.09. The van der Waals surface area contributed by atoms with Crippen molar-refractivity contribution in [2.45, 2.75) is 23.2 Å². The summed E-state index contributed by atoms with van der Waals surface area (Å²) in [6, 6.07) is 6.21. The third-order valence-electron chi connectivity index (χ3n) is 2.29. The lowest BCUT2D eigenvalue weighted by molar-refractivity contribution is 0.728. The van der Waals surface area contributed by atoms with Crippen molar-refractivity contribution in [3.05, 3.63) is 43.6 Å². The van der Waals surface area contributed by atoms with Gasteiger partial charge in [0, 0.05) is 31.4 Å². The van der Waals surface area contributed by atoms with Gasteiger partial charge in [-0.1, -0.05) is 11.8 Å². The summed E-state index contributed by atoms with van der Waals surface area (Å²) < 4.78 is 2.10. The van der Waals surface area contributed by atoms with Gasteiger partial charge < -0.3 is 5.73 Å². The highest BCUT2D eigenvalue weighted by atomic mass is 79.9. The molecule has 96 valence electrons. The van der Waals surface area contributed by atoms with Gasteiger partial charge in [0.05, 0.1) is 10.3 Å². The van der Waals surface area contributed by atoms with E-state index in [-0.39, 0.29) is 11.3 Å². The molecule has 2 unspecified atom stereocenters. The Morgan fingerprint density at radius 2 is 2.11 bits per heavy atom. The maximum Gasteiger partial charge on any atom is 0.0967 e. The van der Waals surface area contributed by atoms with Crippen molar-refractivity contribution in [1.82, 2.24) is 4.98 Å². The Labute approximate surface area is 132 Å². The molecule has 0 radical (unpaired) electrons. The number of hydrogen-bond donors (Lipinski definition) is 1. The number of thioether (sulfide) groups is 1. The molecule has 6 heteroatoms. The molecule has 2 nitrogen and oxygen atoms in total. The van der Waals surface area contributed by atoms with E-state index in [0.717, 1.165) is 14.0 Å². The summed E-state index contributed by atoms with van der Waals surface area (Å²) in [5.41, 5.74) is 6.09. The van der Waals surface area contributed by atoms with Gasteiger partial charge >= 0.3 is 0 Å². The van der Waals surface area contributed by atoms with Crippen LogP contribution in [0, 0.1) is 0 Å². The Morgan fingerprint density at radius 3 is 2.61 bits per heavy atom. The number of hydrogen-bond acceptors (Lipinski definition) is 4. The molecule has 0 saturated carbocycles. The molecule has 2 rings (SSSR count).